The van der Waals surface area contributed by atoms with Gasteiger partial charge in [0.15, 0.2) is 11.5 Å². The zero-order chi connectivity index (χ0) is 24.9. The van der Waals surface area contributed by atoms with E-state index in [9.17, 15) is 14.7 Å². The number of hydrogen-bond acceptors (Lipinski definition) is 6. The molecule has 0 bridgehead atoms. The molecule has 1 amide bonds. The van der Waals surface area contributed by atoms with Crippen molar-refractivity contribution in [2.45, 2.75) is 51.5 Å². The number of nitrogens with two attached hydrogens (primary N) is 1. The number of ether oxygens (including phenoxy) is 2. The minimum atomic E-state index is -0.956. The van der Waals surface area contributed by atoms with Crippen LogP contribution in [0.3, 0.4) is 0 Å². The van der Waals surface area contributed by atoms with Gasteiger partial charge in [-0.3, -0.25) is 4.79 Å². The van der Waals surface area contributed by atoms with Crippen molar-refractivity contribution in [2.24, 2.45) is 5.73 Å². The average Bonchev–Trinajstić information content (AvgIpc) is 2.83. The number of halogens is 2. The fourth-order valence-corrected chi connectivity index (χ4v) is 3.93. The summed E-state index contributed by atoms with van der Waals surface area (Å²) >= 11 is 12.6. The molecule has 7 nitrogen and oxygen atoms in total. The zero-order valence-electron chi connectivity index (χ0n) is 19.3. The maximum atomic E-state index is 12.9. The van der Waals surface area contributed by atoms with Crippen LogP contribution in [-0.2, 0) is 16.0 Å². The lowest BCUT2D eigenvalue weighted by atomic mass is 10.1. The molecule has 1 atom stereocenters. The molecule has 0 aliphatic heterocycles. The Morgan fingerprint density at radius 2 is 1.76 bits per heavy atom. The van der Waals surface area contributed by atoms with Crippen LogP contribution in [0.4, 0.5) is 0 Å². The summed E-state index contributed by atoms with van der Waals surface area (Å²) in [5.41, 5.74) is 6.17. The Labute approximate surface area is 210 Å². The van der Waals surface area contributed by atoms with Gasteiger partial charge >= 0.3 is 5.97 Å². The van der Waals surface area contributed by atoms with Crippen LogP contribution in [-0.4, -0.2) is 42.8 Å². The Morgan fingerprint density at radius 1 is 1.09 bits per heavy atom. The van der Waals surface area contributed by atoms with Crippen LogP contribution in [0.1, 0.15) is 54.9 Å². The first kappa shape index (κ1) is 27.8. The summed E-state index contributed by atoms with van der Waals surface area (Å²) in [6, 6.07) is 9.53. The highest BCUT2D eigenvalue weighted by atomic mass is 35.5. The molecule has 0 fully saturated rings. The first-order valence-electron chi connectivity index (χ1n) is 11.4. The van der Waals surface area contributed by atoms with Crippen LogP contribution >= 0.6 is 23.2 Å². The van der Waals surface area contributed by atoms with Gasteiger partial charge in [-0.05, 0) is 37.9 Å². The summed E-state index contributed by atoms with van der Waals surface area (Å²) in [6.07, 6.45) is 5.11. The minimum Gasteiger partial charge on any atom is -0.505 e. The number of nitrogens with one attached hydrogen (secondary N) is 1. The Balaban J connectivity index is 2.09. The summed E-state index contributed by atoms with van der Waals surface area (Å²) in [5.74, 6) is -1.64. The van der Waals surface area contributed by atoms with Gasteiger partial charge in [-0.2, -0.15) is 0 Å². The number of benzene rings is 2. The first-order valence-corrected chi connectivity index (χ1v) is 12.2. The molecule has 0 aliphatic carbocycles. The zero-order valence-corrected chi connectivity index (χ0v) is 20.8. The molecular weight excluding hydrogens is 479 g/mol. The van der Waals surface area contributed by atoms with Crippen LogP contribution < -0.4 is 15.8 Å². The molecule has 2 rings (SSSR count). The number of aromatic hydroxyl groups is 1. The number of amides is 1. The van der Waals surface area contributed by atoms with Crippen LogP contribution in [0.2, 0.25) is 10.0 Å². The number of phenolic OH excluding ortho intramolecular Hbond substituents is 1. The number of carbonyl (C=O) groups excluding carboxylic acids is 2. The lowest BCUT2D eigenvalue weighted by Crippen LogP contribution is -2.43. The predicted octanol–water partition coefficient (Wildman–Crippen LogP) is 4.89. The number of phenols is 1. The van der Waals surface area contributed by atoms with Crippen molar-refractivity contribution in [2.75, 3.05) is 19.8 Å². The Bertz CT molecular complexity index is 941. The SMILES string of the molecule is CCOC(=O)[C@@H](Cc1ccccc1)NC(=O)c1cc(Cl)c(OCCCCCCCN)c(Cl)c1O. The molecule has 0 saturated heterocycles. The average molecular weight is 511 g/mol. The third kappa shape index (κ3) is 8.38. The van der Waals surface area contributed by atoms with Crippen LogP contribution in [0, 0.1) is 0 Å². The Hall–Kier alpha value is -2.48. The maximum Gasteiger partial charge on any atom is 0.328 e. The molecule has 0 aliphatic rings. The highest BCUT2D eigenvalue weighted by Gasteiger charge is 2.27. The fraction of sp³-hybridized carbons (Fsp3) is 0.440. The molecular formula is C25H32Cl2N2O5. The smallest absolute Gasteiger partial charge is 0.328 e. The third-order valence-corrected chi connectivity index (χ3v) is 5.78. The number of hydrogen-bond donors (Lipinski definition) is 3. The van der Waals surface area contributed by atoms with E-state index in [0.717, 1.165) is 37.7 Å². The van der Waals surface area contributed by atoms with Crippen molar-refractivity contribution < 1.29 is 24.2 Å². The molecule has 0 spiro atoms. The topological polar surface area (TPSA) is 111 Å². The van der Waals surface area contributed by atoms with Gasteiger partial charge in [0, 0.05) is 6.42 Å². The lowest BCUT2D eigenvalue weighted by Gasteiger charge is -2.19. The van der Waals surface area contributed by atoms with E-state index < -0.39 is 23.7 Å². The second kappa shape index (κ2) is 14.7. The maximum absolute atomic E-state index is 12.9. The molecule has 34 heavy (non-hydrogen) atoms. The molecule has 0 unspecified atom stereocenters. The van der Waals surface area contributed by atoms with Gasteiger partial charge in [-0.15, -0.1) is 0 Å². The summed E-state index contributed by atoms with van der Waals surface area (Å²) in [4.78, 5) is 25.4. The highest BCUT2D eigenvalue weighted by molar-refractivity contribution is 6.39. The van der Waals surface area contributed by atoms with E-state index in [1.807, 2.05) is 30.3 Å². The van der Waals surface area contributed by atoms with Gasteiger partial charge < -0.3 is 25.6 Å². The summed E-state index contributed by atoms with van der Waals surface area (Å²) in [6.45, 7) is 2.91. The van der Waals surface area contributed by atoms with Crippen molar-refractivity contribution in [1.29, 1.82) is 0 Å². The van der Waals surface area contributed by atoms with Crippen LogP contribution in [0.25, 0.3) is 0 Å². The standard InChI is InChI=1S/C25H32Cl2N2O5/c1-2-33-25(32)20(15-17-11-7-6-8-12-17)29-24(31)18-16-19(26)23(21(27)22(18)30)34-14-10-5-3-4-9-13-28/h6-8,11-12,16,20,30H,2-5,9-10,13-15,28H2,1H3,(H,29,31)/t20-/m1/s1. The van der Waals surface area contributed by atoms with Gasteiger partial charge in [0.2, 0.25) is 0 Å². The second-order valence-electron chi connectivity index (χ2n) is 7.77. The highest BCUT2D eigenvalue weighted by Crippen LogP contribution is 2.42. The summed E-state index contributed by atoms with van der Waals surface area (Å²) < 4.78 is 10.8. The van der Waals surface area contributed by atoms with E-state index >= 15 is 0 Å². The fourth-order valence-electron chi connectivity index (χ4n) is 3.37. The molecule has 2 aromatic rings. The van der Waals surface area contributed by atoms with E-state index in [-0.39, 0.29) is 34.4 Å². The lowest BCUT2D eigenvalue weighted by molar-refractivity contribution is -0.145. The van der Waals surface area contributed by atoms with Gasteiger partial charge in [0.25, 0.3) is 5.91 Å². The molecule has 0 saturated carbocycles. The summed E-state index contributed by atoms with van der Waals surface area (Å²) in [5, 5.41) is 13.1. The largest absolute Gasteiger partial charge is 0.505 e. The molecule has 4 N–H and O–H groups in total. The first-order chi connectivity index (χ1) is 16.4. The summed E-state index contributed by atoms with van der Waals surface area (Å²) in [7, 11) is 0. The van der Waals surface area contributed by atoms with E-state index in [2.05, 4.69) is 5.32 Å². The number of unbranched alkanes of at least 4 members (excludes halogenated alkanes) is 4. The third-order valence-electron chi connectivity index (χ3n) is 5.15. The van der Waals surface area contributed by atoms with Gasteiger partial charge in [-0.25, -0.2) is 4.79 Å². The quantitative estimate of drug-likeness (QED) is 0.246. The number of esters is 1. The van der Waals surface area contributed by atoms with E-state index in [0.29, 0.717) is 13.2 Å². The van der Waals surface area contributed by atoms with E-state index in [1.54, 1.807) is 6.92 Å². The second-order valence-corrected chi connectivity index (χ2v) is 8.56. The van der Waals surface area contributed by atoms with Crippen molar-refractivity contribution in [3.8, 4) is 11.5 Å². The van der Waals surface area contributed by atoms with Crippen molar-refractivity contribution in [3.63, 3.8) is 0 Å². The molecule has 186 valence electrons. The van der Waals surface area contributed by atoms with Crippen LogP contribution in [0.15, 0.2) is 36.4 Å². The number of carbonyl (C=O) groups is 2. The molecule has 0 radical (unpaired) electrons. The molecule has 9 heteroatoms. The van der Waals surface area contributed by atoms with Gasteiger partial charge in [0.05, 0.1) is 23.8 Å². The van der Waals surface area contributed by atoms with E-state index in [1.165, 1.54) is 6.07 Å². The molecule has 2 aromatic carbocycles. The van der Waals surface area contributed by atoms with Crippen molar-refractivity contribution in [1.82, 2.24) is 5.32 Å². The molecule has 0 aromatic heterocycles. The van der Waals surface area contributed by atoms with Gasteiger partial charge in [0.1, 0.15) is 11.1 Å². The van der Waals surface area contributed by atoms with E-state index in [4.69, 9.17) is 38.4 Å². The predicted molar refractivity (Wildman–Crippen MR) is 134 cm³/mol. The van der Waals surface area contributed by atoms with Crippen LogP contribution in [0.5, 0.6) is 11.5 Å². The van der Waals surface area contributed by atoms with Crippen molar-refractivity contribution in [3.05, 3.63) is 57.6 Å². The Kier molecular flexibility index (Phi) is 12.0. The minimum absolute atomic E-state index is 0.0897. The van der Waals surface area contributed by atoms with Gasteiger partial charge in [-0.1, -0.05) is 72.8 Å². The monoisotopic (exact) mass is 510 g/mol. The molecule has 0 heterocycles. The Morgan fingerprint density at radius 3 is 2.44 bits per heavy atom. The van der Waals surface area contributed by atoms with Crippen molar-refractivity contribution >= 4 is 35.1 Å². The number of rotatable bonds is 14. The normalized spacial score (nSPS) is 11.6.